The fourth-order valence-corrected chi connectivity index (χ4v) is 2.64. The van der Waals surface area contributed by atoms with E-state index in [1.165, 1.54) is 38.9 Å². The van der Waals surface area contributed by atoms with Gasteiger partial charge < -0.3 is 10.2 Å². The SMILES string of the molecule is CCC(C)NCCN1CCC(C(C)(C)C)CC1. The third kappa shape index (κ3) is 5.39. The molecule has 0 aromatic carbocycles. The topological polar surface area (TPSA) is 15.3 Å². The van der Waals surface area contributed by atoms with Crippen LogP contribution in [0.1, 0.15) is 53.9 Å². The normalized spacial score (nSPS) is 21.7. The number of piperidine rings is 1. The predicted molar refractivity (Wildman–Crippen MR) is 76.4 cm³/mol. The highest BCUT2D eigenvalue weighted by Gasteiger charge is 2.28. The average molecular weight is 240 g/mol. The molecule has 1 N–H and O–H groups in total. The Labute approximate surface area is 108 Å². The van der Waals surface area contributed by atoms with Crippen molar-refractivity contribution in [3.8, 4) is 0 Å². The van der Waals surface area contributed by atoms with E-state index in [0.717, 1.165) is 12.5 Å². The van der Waals surface area contributed by atoms with E-state index in [1.54, 1.807) is 0 Å². The van der Waals surface area contributed by atoms with Gasteiger partial charge in [0.05, 0.1) is 0 Å². The van der Waals surface area contributed by atoms with Crippen LogP contribution in [0.3, 0.4) is 0 Å². The van der Waals surface area contributed by atoms with Crippen molar-refractivity contribution in [2.24, 2.45) is 11.3 Å². The summed E-state index contributed by atoms with van der Waals surface area (Å²) in [6.07, 6.45) is 3.99. The molecule has 0 aromatic rings. The van der Waals surface area contributed by atoms with Crippen molar-refractivity contribution < 1.29 is 0 Å². The molecule has 1 aliphatic heterocycles. The van der Waals surface area contributed by atoms with Crippen molar-refractivity contribution in [1.29, 1.82) is 0 Å². The van der Waals surface area contributed by atoms with E-state index < -0.39 is 0 Å². The molecule has 0 saturated carbocycles. The van der Waals surface area contributed by atoms with Crippen molar-refractivity contribution >= 4 is 0 Å². The summed E-state index contributed by atoms with van der Waals surface area (Å²) in [4.78, 5) is 2.62. The summed E-state index contributed by atoms with van der Waals surface area (Å²) in [5.74, 6) is 0.918. The zero-order chi connectivity index (χ0) is 12.9. The lowest BCUT2D eigenvalue weighted by molar-refractivity contribution is 0.112. The van der Waals surface area contributed by atoms with Gasteiger partial charge in [0.25, 0.3) is 0 Å². The zero-order valence-electron chi connectivity index (χ0n) is 12.6. The third-order valence-electron chi connectivity index (χ3n) is 4.35. The summed E-state index contributed by atoms with van der Waals surface area (Å²) in [6.45, 7) is 16.6. The first-order valence-corrected chi connectivity index (χ1v) is 7.39. The fourth-order valence-electron chi connectivity index (χ4n) is 2.64. The van der Waals surface area contributed by atoms with Gasteiger partial charge in [-0.1, -0.05) is 27.7 Å². The Morgan fingerprint density at radius 1 is 1.24 bits per heavy atom. The number of rotatable bonds is 5. The minimum absolute atomic E-state index is 0.501. The van der Waals surface area contributed by atoms with Crippen molar-refractivity contribution in [2.75, 3.05) is 26.2 Å². The van der Waals surface area contributed by atoms with Crippen LogP contribution < -0.4 is 5.32 Å². The monoisotopic (exact) mass is 240 g/mol. The maximum atomic E-state index is 3.58. The molecule has 0 spiro atoms. The molecule has 0 radical (unpaired) electrons. The van der Waals surface area contributed by atoms with Gasteiger partial charge in [0.15, 0.2) is 0 Å². The van der Waals surface area contributed by atoms with E-state index in [-0.39, 0.29) is 0 Å². The van der Waals surface area contributed by atoms with Crippen LogP contribution in [-0.4, -0.2) is 37.1 Å². The van der Waals surface area contributed by atoms with E-state index in [0.29, 0.717) is 11.5 Å². The highest BCUT2D eigenvalue weighted by molar-refractivity contribution is 4.80. The van der Waals surface area contributed by atoms with Gasteiger partial charge in [0.1, 0.15) is 0 Å². The number of nitrogens with zero attached hydrogens (tertiary/aromatic N) is 1. The Bertz CT molecular complexity index is 199. The first kappa shape index (κ1) is 15.0. The summed E-state index contributed by atoms with van der Waals surface area (Å²) >= 11 is 0. The summed E-state index contributed by atoms with van der Waals surface area (Å²) in [5, 5.41) is 3.58. The van der Waals surface area contributed by atoms with Crippen LogP contribution in [0.4, 0.5) is 0 Å². The van der Waals surface area contributed by atoms with E-state index in [4.69, 9.17) is 0 Å². The molecule has 2 nitrogen and oxygen atoms in total. The molecule has 1 rings (SSSR count). The van der Waals surface area contributed by atoms with Crippen LogP contribution in [0.15, 0.2) is 0 Å². The van der Waals surface area contributed by atoms with Gasteiger partial charge in [-0.2, -0.15) is 0 Å². The summed E-state index contributed by atoms with van der Waals surface area (Å²) in [7, 11) is 0. The van der Waals surface area contributed by atoms with Crippen LogP contribution in [0, 0.1) is 11.3 Å². The lowest BCUT2D eigenvalue weighted by atomic mass is 9.75. The molecule has 0 amide bonds. The maximum Gasteiger partial charge on any atom is 0.0107 e. The Hall–Kier alpha value is -0.0800. The van der Waals surface area contributed by atoms with Crippen molar-refractivity contribution in [3.05, 3.63) is 0 Å². The van der Waals surface area contributed by atoms with Gasteiger partial charge in [-0.25, -0.2) is 0 Å². The number of hydrogen-bond donors (Lipinski definition) is 1. The van der Waals surface area contributed by atoms with Crippen molar-refractivity contribution in [2.45, 2.75) is 59.9 Å². The number of hydrogen-bond acceptors (Lipinski definition) is 2. The molecule has 1 unspecified atom stereocenters. The van der Waals surface area contributed by atoms with E-state index in [9.17, 15) is 0 Å². The second kappa shape index (κ2) is 6.75. The van der Waals surface area contributed by atoms with Gasteiger partial charge in [-0.3, -0.25) is 0 Å². The lowest BCUT2D eigenvalue weighted by Crippen LogP contribution is -2.42. The van der Waals surface area contributed by atoms with Crippen LogP contribution in [0.2, 0.25) is 0 Å². The molecular formula is C15H32N2. The molecule has 1 atom stereocenters. The molecule has 0 aromatic heterocycles. The van der Waals surface area contributed by atoms with E-state index in [1.807, 2.05) is 0 Å². The molecule has 1 aliphatic rings. The molecular weight excluding hydrogens is 208 g/mol. The molecule has 1 heterocycles. The highest BCUT2D eigenvalue weighted by atomic mass is 15.1. The van der Waals surface area contributed by atoms with Crippen molar-refractivity contribution in [1.82, 2.24) is 10.2 Å². The van der Waals surface area contributed by atoms with Gasteiger partial charge in [-0.05, 0) is 50.6 Å². The molecule has 1 saturated heterocycles. The second-order valence-electron chi connectivity index (χ2n) is 6.75. The molecule has 2 heteroatoms. The Balaban J connectivity index is 2.15. The van der Waals surface area contributed by atoms with Gasteiger partial charge >= 0.3 is 0 Å². The molecule has 102 valence electrons. The zero-order valence-corrected chi connectivity index (χ0v) is 12.6. The fraction of sp³-hybridized carbons (Fsp3) is 1.00. The Morgan fingerprint density at radius 2 is 1.82 bits per heavy atom. The summed E-state index contributed by atoms with van der Waals surface area (Å²) in [6, 6.07) is 0.669. The Morgan fingerprint density at radius 3 is 2.29 bits per heavy atom. The molecule has 0 bridgehead atoms. The van der Waals surface area contributed by atoms with Crippen LogP contribution in [0.25, 0.3) is 0 Å². The average Bonchev–Trinajstić information content (AvgIpc) is 2.28. The smallest absolute Gasteiger partial charge is 0.0107 e. The summed E-state index contributed by atoms with van der Waals surface area (Å²) < 4.78 is 0. The van der Waals surface area contributed by atoms with Crippen LogP contribution >= 0.6 is 0 Å². The molecule has 1 fully saturated rings. The third-order valence-corrected chi connectivity index (χ3v) is 4.35. The predicted octanol–water partition coefficient (Wildman–Crippen LogP) is 3.13. The first-order valence-electron chi connectivity index (χ1n) is 7.39. The quantitative estimate of drug-likeness (QED) is 0.794. The molecule has 17 heavy (non-hydrogen) atoms. The van der Waals surface area contributed by atoms with Crippen LogP contribution in [0.5, 0.6) is 0 Å². The number of likely N-dealkylation sites (tertiary alicyclic amines) is 1. The number of nitrogens with one attached hydrogen (secondary N) is 1. The standard InChI is InChI=1S/C15H32N2/c1-6-13(2)16-9-12-17-10-7-14(8-11-17)15(3,4)5/h13-14,16H,6-12H2,1-5H3. The Kier molecular flexibility index (Phi) is 5.94. The van der Waals surface area contributed by atoms with Gasteiger partial charge in [-0.15, -0.1) is 0 Å². The highest BCUT2D eigenvalue weighted by Crippen LogP contribution is 2.33. The van der Waals surface area contributed by atoms with E-state index in [2.05, 4.69) is 44.8 Å². The maximum absolute atomic E-state index is 3.58. The first-order chi connectivity index (χ1) is 7.93. The summed E-state index contributed by atoms with van der Waals surface area (Å²) in [5.41, 5.74) is 0.501. The lowest BCUT2D eigenvalue weighted by Gasteiger charge is -2.38. The largest absolute Gasteiger partial charge is 0.313 e. The van der Waals surface area contributed by atoms with Crippen LogP contribution in [-0.2, 0) is 0 Å². The van der Waals surface area contributed by atoms with Crippen molar-refractivity contribution in [3.63, 3.8) is 0 Å². The molecule has 0 aliphatic carbocycles. The minimum atomic E-state index is 0.501. The van der Waals surface area contributed by atoms with Gasteiger partial charge in [0.2, 0.25) is 0 Å². The minimum Gasteiger partial charge on any atom is -0.313 e. The van der Waals surface area contributed by atoms with Gasteiger partial charge in [0, 0.05) is 19.1 Å². The second-order valence-corrected chi connectivity index (χ2v) is 6.75. The van der Waals surface area contributed by atoms with E-state index >= 15 is 0 Å².